The van der Waals surface area contributed by atoms with Crippen LogP contribution in [-0.2, 0) is 9.47 Å². The lowest BCUT2D eigenvalue weighted by molar-refractivity contribution is -0.0788. The molecule has 2 aromatic heterocycles. The second-order valence-electron chi connectivity index (χ2n) is 7.02. The van der Waals surface area contributed by atoms with E-state index in [4.69, 9.17) is 15.2 Å². The van der Waals surface area contributed by atoms with Crippen molar-refractivity contribution in [3.05, 3.63) is 48.0 Å². The number of aliphatic hydroxyl groups is 2. The van der Waals surface area contributed by atoms with E-state index in [1.165, 1.54) is 18.2 Å². The van der Waals surface area contributed by atoms with Gasteiger partial charge in [-0.3, -0.25) is 4.57 Å². The molecule has 0 bridgehead atoms. The number of nitrogen functional groups attached to an aromatic ring is 1. The Morgan fingerprint density at radius 1 is 1.18 bits per heavy atom. The molecule has 4 rings (SSSR count). The number of fused-ring (bicyclic) bond motifs is 1. The Morgan fingerprint density at radius 3 is 2.68 bits per heavy atom. The Bertz CT molecular complexity index is 961. The molecule has 0 unspecified atom stereocenters. The molecule has 4 N–H and O–H groups in total. The molecule has 28 heavy (non-hydrogen) atoms. The minimum Gasteiger partial charge on any atom is -0.387 e. The van der Waals surface area contributed by atoms with Crippen molar-refractivity contribution in [3.63, 3.8) is 0 Å². The van der Waals surface area contributed by atoms with Crippen molar-refractivity contribution >= 4 is 17.0 Å². The van der Waals surface area contributed by atoms with Crippen LogP contribution in [0.2, 0.25) is 0 Å². The van der Waals surface area contributed by atoms with E-state index >= 15 is 0 Å². The van der Waals surface area contributed by atoms with Crippen LogP contribution in [0.1, 0.15) is 30.4 Å². The average molecular weight is 385 g/mol. The molecule has 0 amide bonds. The maximum atomic E-state index is 10.5. The molecule has 1 aliphatic heterocycles. The van der Waals surface area contributed by atoms with Gasteiger partial charge in [-0.1, -0.05) is 29.8 Å². The van der Waals surface area contributed by atoms with Crippen LogP contribution in [0.4, 0.5) is 5.82 Å². The topological polar surface area (TPSA) is 129 Å². The first-order valence-corrected chi connectivity index (χ1v) is 9.08. The summed E-state index contributed by atoms with van der Waals surface area (Å²) in [5.41, 5.74) is 8.85. The number of anilines is 1. The van der Waals surface area contributed by atoms with Crippen LogP contribution < -0.4 is 5.73 Å². The van der Waals surface area contributed by atoms with Gasteiger partial charge in [0.25, 0.3) is 0 Å². The van der Waals surface area contributed by atoms with E-state index in [1.54, 1.807) is 4.57 Å². The van der Waals surface area contributed by atoms with Crippen molar-refractivity contribution in [3.8, 4) is 0 Å². The number of imidazole rings is 1. The largest absolute Gasteiger partial charge is 0.387 e. The van der Waals surface area contributed by atoms with Crippen molar-refractivity contribution in [2.45, 2.75) is 44.5 Å². The predicted molar refractivity (Wildman–Crippen MR) is 101 cm³/mol. The lowest BCUT2D eigenvalue weighted by Crippen LogP contribution is -2.34. The molecule has 0 saturated carbocycles. The van der Waals surface area contributed by atoms with Crippen molar-refractivity contribution in [1.82, 2.24) is 19.5 Å². The molecule has 1 saturated heterocycles. The number of aliphatic hydroxyl groups excluding tert-OH is 2. The van der Waals surface area contributed by atoms with Gasteiger partial charge < -0.3 is 25.4 Å². The maximum absolute atomic E-state index is 10.5. The molecule has 3 aromatic rings. The van der Waals surface area contributed by atoms with Gasteiger partial charge >= 0.3 is 0 Å². The van der Waals surface area contributed by atoms with Crippen LogP contribution in [-0.4, -0.2) is 54.7 Å². The van der Waals surface area contributed by atoms with E-state index in [2.05, 4.69) is 15.0 Å². The molecule has 0 aliphatic carbocycles. The SMILES string of the molecule is Cc1ccc([C@H](C)OC[C@H]2O[C@@H](n3cnc4c(N)ncnc43)[C@H](O)[C@@H]2O)cc1. The number of benzene rings is 1. The molecule has 9 heteroatoms. The predicted octanol–water partition coefficient (Wildman–Crippen LogP) is 1.11. The number of hydrogen-bond acceptors (Lipinski definition) is 8. The highest BCUT2D eigenvalue weighted by Crippen LogP contribution is 2.32. The molecule has 148 valence electrons. The van der Waals surface area contributed by atoms with Gasteiger partial charge in [0, 0.05) is 0 Å². The monoisotopic (exact) mass is 385 g/mol. The summed E-state index contributed by atoms with van der Waals surface area (Å²) >= 11 is 0. The fraction of sp³-hybridized carbons (Fsp3) is 0.421. The molecular weight excluding hydrogens is 362 g/mol. The van der Waals surface area contributed by atoms with E-state index < -0.39 is 24.5 Å². The van der Waals surface area contributed by atoms with Crippen LogP contribution in [0.3, 0.4) is 0 Å². The zero-order valence-corrected chi connectivity index (χ0v) is 15.6. The zero-order valence-electron chi connectivity index (χ0n) is 15.6. The standard InChI is InChI=1S/C19H23N5O4/c1-10-3-5-12(6-4-10)11(2)27-7-13-15(25)16(26)19(28-13)24-9-23-14-17(20)21-8-22-18(14)24/h3-6,8-9,11,13,15-16,19,25-26H,7H2,1-2H3,(H2,20,21,22)/t11-,13+,15+,16+,19+/m0/s1. The fourth-order valence-electron chi connectivity index (χ4n) is 3.33. The summed E-state index contributed by atoms with van der Waals surface area (Å²) in [5.74, 6) is 0.239. The Balaban J connectivity index is 1.47. The third-order valence-electron chi connectivity index (χ3n) is 5.06. The van der Waals surface area contributed by atoms with Crippen LogP contribution in [0.5, 0.6) is 0 Å². The summed E-state index contributed by atoms with van der Waals surface area (Å²) < 4.78 is 13.3. The zero-order chi connectivity index (χ0) is 19.8. The smallest absolute Gasteiger partial charge is 0.167 e. The van der Waals surface area contributed by atoms with Crippen LogP contribution in [0.25, 0.3) is 11.2 Å². The van der Waals surface area contributed by atoms with Gasteiger partial charge in [-0.05, 0) is 19.4 Å². The summed E-state index contributed by atoms with van der Waals surface area (Å²) in [4.78, 5) is 12.2. The highest BCUT2D eigenvalue weighted by atomic mass is 16.6. The minimum absolute atomic E-state index is 0.132. The number of aryl methyl sites for hydroxylation is 1. The molecule has 0 radical (unpaired) electrons. The molecule has 0 spiro atoms. The van der Waals surface area contributed by atoms with Crippen molar-refractivity contribution in [1.29, 1.82) is 0 Å². The van der Waals surface area contributed by atoms with Crippen LogP contribution in [0, 0.1) is 6.92 Å². The van der Waals surface area contributed by atoms with Crippen molar-refractivity contribution in [2.24, 2.45) is 0 Å². The second-order valence-corrected chi connectivity index (χ2v) is 7.02. The number of nitrogens with two attached hydrogens (primary N) is 1. The van der Waals surface area contributed by atoms with Gasteiger partial charge in [0.1, 0.15) is 30.2 Å². The van der Waals surface area contributed by atoms with Crippen molar-refractivity contribution in [2.75, 3.05) is 12.3 Å². The van der Waals surface area contributed by atoms with Gasteiger partial charge in [-0.15, -0.1) is 0 Å². The van der Waals surface area contributed by atoms with Gasteiger partial charge in [0.2, 0.25) is 0 Å². The number of ether oxygens (including phenoxy) is 2. The highest BCUT2D eigenvalue weighted by molar-refractivity contribution is 5.81. The first-order chi connectivity index (χ1) is 13.5. The van der Waals surface area contributed by atoms with Gasteiger partial charge in [0.15, 0.2) is 17.7 Å². The van der Waals surface area contributed by atoms with Crippen molar-refractivity contribution < 1.29 is 19.7 Å². The second kappa shape index (κ2) is 7.44. The molecule has 9 nitrogen and oxygen atoms in total. The average Bonchev–Trinajstić information content (AvgIpc) is 3.23. The molecule has 3 heterocycles. The van der Waals surface area contributed by atoms with E-state index in [0.717, 1.165) is 5.56 Å². The minimum atomic E-state index is -1.16. The quantitative estimate of drug-likeness (QED) is 0.596. The third kappa shape index (κ3) is 3.33. The Labute approximate surface area is 161 Å². The number of nitrogens with zero attached hydrogens (tertiary/aromatic N) is 4. The summed E-state index contributed by atoms with van der Waals surface area (Å²) in [6, 6.07) is 8.05. The first-order valence-electron chi connectivity index (χ1n) is 9.08. The highest BCUT2D eigenvalue weighted by Gasteiger charge is 2.44. The lowest BCUT2D eigenvalue weighted by atomic mass is 10.1. The number of hydrogen-bond donors (Lipinski definition) is 3. The molecule has 1 fully saturated rings. The normalized spacial score (nSPS) is 26.0. The summed E-state index contributed by atoms with van der Waals surface area (Å²) in [7, 11) is 0. The van der Waals surface area contributed by atoms with Crippen LogP contribution >= 0.6 is 0 Å². The van der Waals surface area contributed by atoms with Gasteiger partial charge in [0.05, 0.1) is 19.0 Å². The Hall–Kier alpha value is -2.59. The van der Waals surface area contributed by atoms with E-state index in [9.17, 15) is 10.2 Å². The molecule has 1 aromatic carbocycles. The number of rotatable bonds is 5. The summed E-state index contributed by atoms with van der Waals surface area (Å²) in [6.07, 6.45) is -1.19. The van der Waals surface area contributed by atoms with E-state index in [1.807, 2.05) is 38.1 Å². The summed E-state index contributed by atoms with van der Waals surface area (Å²) in [5, 5.41) is 20.9. The van der Waals surface area contributed by atoms with Gasteiger partial charge in [-0.25, -0.2) is 15.0 Å². The Kier molecular flexibility index (Phi) is 4.98. The number of aromatic nitrogens is 4. The molecule has 1 aliphatic rings. The van der Waals surface area contributed by atoms with E-state index in [-0.39, 0.29) is 18.5 Å². The lowest BCUT2D eigenvalue weighted by Gasteiger charge is -2.19. The Morgan fingerprint density at radius 2 is 1.93 bits per heavy atom. The molecular formula is C19H23N5O4. The summed E-state index contributed by atoms with van der Waals surface area (Å²) in [6.45, 7) is 4.09. The fourth-order valence-corrected chi connectivity index (χ4v) is 3.33. The first kappa shape index (κ1) is 18.8. The maximum Gasteiger partial charge on any atom is 0.167 e. The molecule has 5 atom stereocenters. The van der Waals surface area contributed by atoms with E-state index in [0.29, 0.717) is 11.2 Å². The van der Waals surface area contributed by atoms with Crippen LogP contribution in [0.15, 0.2) is 36.9 Å². The third-order valence-corrected chi connectivity index (χ3v) is 5.06. The van der Waals surface area contributed by atoms with Gasteiger partial charge in [-0.2, -0.15) is 0 Å².